The molecular formula is C18H30ClN3OS. The summed E-state index contributed by atoms with van der Waals surface area (Å²) in [5, 5.41) is 10.7. The zero-order chi connectivity index (χ0) is 15.9. The largest absolute Gasteiger partial charge is 0.314 e. The second kappa shape index (κ2) is 10.5. The molecule has 6 heteroatoms. The van der Waals surface area contributed by atoms with Gasteiger partial charge in [-0.05, 0) is 68.6 Å². The van der Waals surface area contributed by atoms with E-state index in [1.54, 1.807) is 0 Å². The van der Waals surface area contributed by atoms with Crippen molar-refractivity contribution in [2.75, 3.05) is 18.1 Å². The number of thioether (sulfide) groups is 1. The first kappa shape index (κ1) is 19.8. The lowest BCUT2D eigenvalue weighted by Crippen LogP contribution is -2.27. The summed E-state index contributed by atoms with van der Waals surface area (Å²) in [7, 11) is 0. The topological polar surface area (TPSA) is 57.8 Å². The Morgan fingerprint density at radius 1 is 1.08 bits per heavy atom. The summed E-state index contributed by atoms with van der Waals surface area (Å²) in [5.74, 6) is 2.32. The zero-order valence-electron chi connectivity index (χ0n) is 14.4. The summed E-state index contributed by atoms with van der Waals surface area (Å²) in [4.78, 5) is 11.8. The number of rotatable bonds is 8. The second-order valence-electron chi connectivity index (χ2n) is 6.82. The van der Waals surface area contributed by atoms with Crippen LogP contribution in [0.15, 0.2) is 4.79 Å². The van der Waals surface area contributed by atoms with Gasteiger partial charge in [-0.15, -0.1) is 12.4 Å². The Balaban J connectivity index is 0.00000208. The molecule has 0 saturated heterocycles. The van der Waals surface area contributed by atoms with Crippen LogP contribution in [0.25, 0.3) is 0 Å². The molecule has 24 heavy (non-hydrogen) atoms. The molecule has 0 atom stereocenters. The molecule has 2 aliphatic carbocycles. The third kappa shape index (κ3) is 5.50. The standard InChI is InChI=1S/C18H29N3OS.ClH/c22-18-16-9-4-3-8-15(16)17(20-21-18)10-13-23-12-5-11-19-14-6-1-2-7-14;/h14,19H,1-13H2,(H,21,22);1H. The summed E-state index contributed by atoms with van der Waals surface area (Å²) >= 11 is 2.01. The molecule has 1 fully saturated rings. The number of nitrogens with one attached hydrogen (secondary N) is 2. The van der Waals surface area contributed by atoms with Crippen LogP contribution in [0.4, 0.5) is 0 Å². The normalized spacial score (nSPS) is 17.5. The number of aromatic amines is 1. The van der Waals surface area contributed by atoms with Crippen LogP contribution in [0.1, 0.15) is 61.8 Å². The molecule has 4 nitrogen and oxygen atoms in total. The first-order chi connectivity index (χ1) is 11.3. The van der Waals surface area contributed by atoms with Crippen molar-refractivity contribution in [1.29, 1.82) is 0 Å². The molecule has 1 aromatic rings. The minimum Gasteiger partial charge on any atom is -0.314 e. The molecule has 0 spiro atoms. The fourth-order valence-corrected chi connectivity index (χ4v) is 4.71. The first-order valence-corrected chi connectivity index (χ1v) is 10.4. The van der Waals surface area contributed by atoms with Crippen molar-refractivity contribution in [3.8, 4) is 0 Å². The van der Waals surface area contributed by atoms with E-state index >= 15 is 0 Å². The smallest absolute Gasteiger partial charge is 0.267 e. The fraction of sp³-hybridized carbons (Fsp3) is 0.778. The lowest BCUT2D eigenvalue weighted by atomic mass is 9.91. The van der Waals surface area contributed by atoms with Gasteiger partial charge in [-0.3, -0.25) is 4.79 Å². The quantitative estimate of drug-likeness (QED) is 0.688. The van der Waals surface area contributed by atoms with Crippen molar-refractivity contribution >= 4 is 24.2 Å². The predicted octanol–water partition coefficient (Wildman–Crippen LogP) is 3.27. The number of aryl methyl sites for hydroxylation is 1. The second-order valence-corrected chi connectivity index (χ2v) is 8.04. The molecule has 0 bridgehead atoms. The SMILES string of the molecule is Cl.O=c1[nH]nc(CCSCCCNC2CCCC2)c2c1CCCC2. The summed E-state index contributed by atoms with van der Waals surface area (Å²) in [6, 6.07) is 0.789. The molecule has 0 aliphatic heterocycles. The van der Waals surface area contributed by atoms with Gasteiger partial charge in [-0.1, -0.05) is 12.8 Å². The molecule has 0 amide bonds. The van der Waals surface area contributed by atoms with Crippen LogP contribution < -0.4 is 10.9 Å². The van der Waals surface area contributed by atoms with E-state index in [0.717, 1.165) is 55.3 Å². The Hall–Kier alpha value is -0.520. The van der Waals surface area contributed by atoms with Crippen LogP contribution >= 0.6 is 24.2 Å². The number of halogens is 1. The van der Waals surface area contributed by atoms with Crippen LogP contribution in [0, 0.1) is 0 Å². The van der Waals surface area contributed by atoms with Crippen molar-refractivity contribution in [3.63, 3.8) is 0 Å². The van der Waals surface area contributed by atoms with Crippen molar-refractivity contribution in [3.05, 3.63) is 27.2 Å². The van der Waals surface area contributed by atoms with Crippen LogP contribution in [-0.4, -0.2) is 34.3 Å². The van der Waals surface area contributed by atoms with Crippen molar-refractivity contribution in [1.82, 2.24) is 15.5 Å². The number of H-pyrrole nitrogens is 1. The zero-order valence-corrected chi connectivity index (χ0v) is 16.1. The van der Waals surface area contributed by atoms with Gasteiger partial charge in [0.25, 0.3) is 5.56 Å². The molecule has 0 radical (unpaired) electrons. The molecule has 0 unspecified atom stereocenters. The van der Waals surface area contributed by atoms with E-state index in [-0.39, 0.29) is 18.0 Å². The maximum atomic E-state index is 11.8. The molecule has 3 rings (SSSR count). The highest BCUT2D eigenvalue weighted by molar-refractivity contribution is 7.99. The van der Waals surface area contributed by atoms with Crippen molar-refractivity contribution in [2.24, 2.45) is 0 Å². The van der Waals surface area contributed by atoms with Crippen LogP contribution in [0.5, 0.6) is 0 Å². The van der Waals surface area contributed by atoms with Gasteiger partial charge in [0, 0.05) is 18.0 Å². The molecule has 0 aromatic carbocycles. The lowest BCUT2D eigenvalue weighted by Gasteiger charge is -2.17. The van der Waals surface area contributed by atoms with Gasteiger partial charge < -0.3 is 5.32 Å². The van der Waals surface area contributed by atoms with Crippen LogP contribution in [-0.2, 0) is 19.3 Å². The summed E-state index contributed by atoms with van der Waals surface area (Å²) < 4.78 is 0. The van der Waals surface area contributed by atoms with Crippen molar-refractivity contribution in [2.45, 2.75) is 70.3 Å². The van der Waals surface area contributed by atoms with Gasteiger partial charge in [0.1, 0.15) is 0 Å². The lowest BCUT2D eigenvalue weighted by molar-refractivity contribution is 0.525. The highest BCUT2D eigenvalue weighted by atomic mass is 35.5. The van der Waals surface area contributed by atoms with E-state index in [1.807, 2.05) is 11.8 Å². The Labute approximate surface area is 155 Å². The Morgan fingerprint density at radius 2 is 1.83 bits per heavy atom. The molecule has 1 aromatic heterocycles. The number of hydrogen-bond donors (Lipinski definition) is 2. The van der Waals surface area contributed by atoms with Crippen LogP contribution in [0.2, 0.25) is 0 Å². The molecule has 1 heterocycles. The van der Waals surface area contributed by atoms with Gasteiger partial charge in [-0.2, -0.15) is 16.9 Å². The van der Waals surface area contributed by atoms with E-state index in [1.165, 1.54) is 49.8 Å². The van der Waals surface area contributed by atoms with E-state index in [2.05, 4.69) is 15.5 Å². The average molecular weight is 372 g/mol. The van der Waals surface area contributed by atoms with E-state index in [4.69, 9.17) is 0 Å². The van der Waals surface area contributed by atoms with Gasteiger partial charge in [0.2, 0.25) is 0 Å². The molecular weight excluding hydrogens is 342 g/mol. The summed E-state index contributed by atoms with van der Waals surface area (Å²) in [6.07, 6.45) is 12.1. The minimum atomic E-state index is 0. The van der Waals surface area contributed by atoms with E-state index < -0.39 is 0 Å². The maximum Gasteiger partial charge on any atom is 0.267 e. The van der Waals surface area contributed by atoms with E-state index in [0.29, 0.717) is 0 Å². The monoisotopic (exact) mass is 371 g/mol. The summed E-state index contributed by atoms with van der Waals surface area (Å²) in [5.41, 5.74) is 3.43. The predicted molar refractivity (Wildman–Crippen MR) is 105 cm³/mol. The number of nitrogens with zero attached hydrogens (tertiary/aromatic N) is 1. The third-order valence-electron chi connectivity index (χ3n) is 5.12. The van der Waals surface area contributed by atoms with Gasteiger partial charge in [0.05, 0.1) is 5.69 Å². The molecule has 1 saturated carbocycles. The van der Waals surface area contributed by atoms with Crippen molar-refractivity contribution < 1.29 is 0 Å². The Morgan fingerprint density at radius 3 is 2.62 bits per heavy atom. The van der Waals surface area contributed by atoms with Crippen LogP contribution in [0.3, 0.4) is 0 Å². The first-order valence-electron chi connectivity index (χ1n) is 9.25. The molecule has 2 N–H and O–H groups in total. The average Bonchev–Trinajstić information content (AvgIpc) is 3.09. The van der Waals surface area contributed by atoms with Gasteiger partial charge in [0.15, 0.2) is 0 Å². The van der Waals surface area contributed by atoms with Gasteiger partial charge in [-0.25, -0.2) is 5.10 Å². The van der Waals surface area contributed by atoms with E-state index in [9.17, 15) is 4.79 Å². The van der Waals surface area contributed by atoms with Gasteiger partial charge >= 0.3 is 0 Å². The maximum absolute atomic E-state index is 11.8. The number of aromatic nitrogens is 2. The Kier molecular flexibility index (Phi) is 8.63. The summed E-state index contributed by atoms with van der Waals surface area (Å²) in [6.45, 7) is 1.16. The highest BCUT2D eigenvalue weighted by Crippen LogP contribution is 2.21. The minimum absolute atomic E-state index is 0. The fourth-order valence-electron chi connectivity index (χ4n) is 3.82. The molecule has 136 valence electrons. The molecule has 2 aliphatic rings. The number of fused-ring (bicyclic) bond motifs is 1. The highest BCUT2D eigenvalue weighted by Gasteiger charge is 2.17. The Bertz CT molecular complexity index is 558. The number of hydrogen-bond acceptors (Lipinski definition) is 4. The third-order valence-corrected chi connectivity index (χ3v) is 6.19.